The molecule has 1 atom stereocenters. The molecule has 0 saturated carbocycles. The van der Waals surface area contributed by atoms with Crippen molar-refractivity contribution in [3.63, 3.8) is 0 Å². The fourth-order valence-corrected chi connectivity index (χ4v) is 2.45. The maximum atomic E-state index is 12.5. The first-order valence-electron chi connectivity index (χ1n) is 6.66. The van der Waals surface area contributed by atoms with Gasteiger partial charge in [-0.05, 0) is 18.4 Å². The van der Waals surface area contributed by atoms with E-state index in [0.29, 0.717) is 32.1 Å². The van der Waals surface area contributed by atoms with Gasteiger partial charge in [-0.3, -0.25) is 4.90 Å². The van der Waals surface area contributed by atoms with Gasteiger partial charge in [-0.25, -0.2) is 9.97 Å². The molecule has 0 aliphatic carbocycles. The van der Waals surface area contributed by atoms with Gasteiger partial charge in [0.2, 0.25) is 5.95 Å². The molecule has 0 N–H and O–H groups in total. The van der Waals surface area contributed by atoms with Crippen LogP contribution >= 0.6 is 0 Å². The van der Waals surface area contributed by atoms with Crippen LogP contribution in [-0.2, 0) is 0 Å². The summed E-state index contributed by atoms with van der Waals surface area (Å²) in [5, 5.41) is 0. The van der Waals surface area contributed by atoms with Crippen LogP contribution in [0.3, 0.4) is 0 Å². The molecule has 1 aliphatic heterocycles. The van der Waals surface area contributed by atoms with Crippen LogP contribution in [0.1, 0.15) is 12.5 Å². The van der Waals surface area contributed by atoms with Gasteiger partial charge in [-0.15, -0.1) is 0 Å². The summed E-state index contributed by atoms with van der Waals surface area (Å²) in [7, 11) is 0. The maximum Gasteiger partial charge on any atom is 0.401 e. The zero-order valence-corrected chi connectivity index (χ0v) is 11.7. The van der Waals surface area contributed by atoms with E-state index < -0.39 is 12.7 Å². The van der Waals surface area contributed by atoms with Crippen LogP contribution in [-0.4, -0.2) is 53.8 Å². The van der Waals surface area contributed by atoms with Crippen LogP contribution in [0.5, 0.6) is 0 Å². The topological polar surface area (TPSA) is 32.3 Å². The predicted molar refractivity (Wildman–Crippen MR) is 70.6 cm³/mol. The van der Waals surface area contributed by atoms with Gasteiger partial charge in [0, 0.05) is 38.6 Å². The highest BCUT2D eigenvalue weighted by molar-refractivity contribution is 5.30. The predicted octanol–water partition coefficient (Wildman–Crippen LogP) is 2.11. The Kier molecular flexibility index (Phi) is 4.47. The molecule has 0 radical (unpaired) electrons. The minimum atomic E-state index is -4.14. The fourth-order valence-electron chi connectivity index (χ4n) is 2.45. The summed E-state index contributed by atoms with van der Waals surface area (Å²) in [6, 6.07) is 0. The third-order valence-electron chi connectivity index (χ3n) is 3.24. The molecule has 0 spiro atoms. The van der Waals surface area contributed by atoms with Gasteiger partial charge in [0.25, 0.3) is 0 Å². The Hall–Kier alpha value is -1.37. The Bertz CT molecular complexity index is 432. The summed E-state index contributed by atoms with van der Waals surface area (Å²) in [6.45, 7) is 5.03. The Morgan fingerprint density at radius 2 is 1.85 bits per heavy atom. The van der Waals surface area contributed by atoms with Crippen molar-refractivity contribution in [2.75, 3.05) is 37.6 Å². The molecule has 1 saturated heterocycles. The quantitative estimate of drug-likeness (QED) is 0.834. The Morgan fingerprint density at radius 3 is 2.45 bits per heavy atom. The van der Waals surface area contributed by atoms with Gasteiger partial charge in [0.15, 0.2) is 0 Å². The largest absolute Gasteiger partial charge is 0.401 e. The van der Waals surface area contributed by atoms with E-state index in [4.69, 9.17) is 0 Å². The van der Waals surface area contributed by atoms with Crippen molar-refractivity contribution >= 4 is 5.95 Å². The first-order chi connectivity index (χ1) is 9.33. The first-order valence-corrected chi connectivity index (χ1v) is 6.66. The van der Waals surface area contributed by atoms with Crippen LogP contribution in [0.25, 0.3) is 0 Å². The molecule has 0 aromatic carbocycles. The maximum absolute atomic E-state index is 12.5. The van der Waals surface area contributed by atoms with Gasteiger partial charge < -0.3 is 4.90 Å². The van der Waals surface area contributed by atoms with E-state index in [1.807, 2.05) is 18.7 Å². The zero-order valence-electron chi connectivity index (χ0n) is 11.7. The van der Waals surface area contributed by atoms with E-state index >= 15 is 0 Å². The van der Waals surface area contributed by atoms with Gasteiger partial charge >= 0.3 is 6.18 Å². The van der Waals surface area contributed by atoms with Crippen molar-refractivity contribution in [1.29, 1.82) is 0 Å². The van der Waals surface area contributed by atoms with Crippen molar-refractivity contribution in [3.05, 3.63) is 18.0 Å². The van der Waals surface area contributed by atoms with Gasteiger partial charge in [0.1, 0.15) is 0 Å². The first kappa shape index (κ1) is 15.0. The van der Waals surface area contributed by atoms with Gasteiger partial charge in [-0.2, -0.15) is 13.2 Å². The highest BCUT2D eigenvalue weighted by Gasteiger charge is 2.32. The number of aromatic nitrogens is 2. The number of hydrogen-bond donors (Lipinski definition) is 0. The van der Waals surface area contributed by atoms with Gasteiger partial charge in [-0.1, -0.05) is 6.92 Å². The number of aryl methyl sites for hydroxylation is 1. The molecular weight excluding hydrogens is 269 g/mol. The van der Waals surface area contributed by atoms with Crippen LogP contribution in [0, 0.1) is 12.8 Å². The summed E-state index contributed by atoms with van der Waals surface area (Å²) in [5.41, 5.74) is 0.968. The number of rotatable bonds is 2. The molecule has 4 nitrogen and oxygen atoms in total. The number of alkyl halides is 3. The van der Waals surface area contributed by atoms with E-state index in [1.165, 1.54) is 4.90 Å². The minimum absolute atomic E-state index is 0.143. The second kappa shape index (κ2) is 5.95. The van der Waals surface area contributed by atoms with Crippen molar-refractivity contribution in [2.45, 2.75) is 20.0 Å². The van der Waals surface area contributed by atoms with Crippen molar-refractivity contribution < 1.29 is 13.2 Å². The Morgan fingerprint density at radius 1 is 1.20 bits per heavy atom. The van der Waals surface area contributed by atoms with E-state index in [0.717, 1.165) is 5.56 Å². The highest BCUT2D eigenvalue weighted by atomic mass is 19.4. The number of hydrogen-bond acceptors (Lipinski definition) is 4. The molecule has 1 unspecified atom stereocenters. The van der Waals surface area contributed by atoms with Crippen LogP contribution < -0.4 is 4.90 Å². The molecule has 7 heteroatoms. The summed E-state index contributed by atoms with van der Waals surface area (Å²) >= 11 is 0. The number of nitrogens with zero attached hydrogens (tertiary/aromatic N) is 4. The molecule has 0 amide bonds. The molecule has 2 rings (SSSR count). The van der Waals surface area contributed by atoms with Crippen LogP contribution in [0.4, 0.5) is 19.1 Å². The lowest BCUT2D eigenvalue weighted by atomic mass is 10.1. The van der Waals surface area contributed by atoms with Crippen molar-refractivity contribution in [3.8, 4) is 0 Å². The normalized spacial score (nSPS) is 21.9. The molecule has 2 heterocycles. The standard InChI is InChI=1S/C13H19F3N4/c1-10-5-17-12(18-6-10)20-4-3-19(7-11(2)8-20)9-13(14,15)16/h5-6,11H,3-4,7-9H2,1-2H3. The molecule has 112 valence electrons. The highest BCUT2D eigenvalue weighted by Crippen LogP contribution is 2.20. The van der Waals surface area contributed by atoms with Gasteiger partial charge in [0.05, 0.1) is 6.54 Å². The zero-order chi connectivity index (χ0) is 14.8. The van der Waals surface area contributed by atoms with Crippen LogP contribution in [0.15, 0.2) is 12.4 Å². The van der Waals surface area contributed by atoms with E-state index in [9.17, 15) is 13.2 Å². The van der Waals surface area contributed by atoms with Crippen LogP contribution in [0.2, 0.25) is 0 Å². The molecule has 1 aliphatic rings. The van der Waals surface area contributed by atoms with Crippen molar-refractivity contribution in [1.82, 2.24) is 14.9 Å². The van der Waals surface area contributed by atoms with Crippen molar-refractivity contribution in [2.24, 2.45) is 5.92 Å². The Balaban J connectivity index is 2.03. The van der Waals surface area contributed by atoms with E-state index in [2.05, 4.69) is 9.97 Å². The lowest BCUT2D eigenvalue weighted by molar-refractivity contribution is -0.146. The summed E-state index contributed by atoms with van der Waals surface area (Å²) < 4.78 is 37.5. The summed E-state index contributed by atoms with van der Waals surface area (Å²) in [6.07, 6.45) is -0.688. The summed E-state index contributed by atoms with van der Waals surface area (Å²) in [5.74, 6) is 0.737. The average molecular weight is 288 g/mol. The number of halogens is 3. The monoisotopic (exact) mass is 288 g/mol. The minimum Gasteiger partial charge on any atom is -0.339 e. The lowest BCUT2D eigenvalue weighted by Crippen LogP contribution is -2.38. The fraction of sp³-hybridized carbons (Fsp3) is 0.692. The second-order valence-electron chi connectivity index (χ2n) is 5.46. The molecule has 1 aromatic rings. The third-order valence-corrected chi connectivity index (χ3v) is 3.24. The molecule has 1 fully saturated rings. The van der Waals surface area contributed by atoms with E-state index in [-0.39, 0.29) is 5.92 Å². The third kappa shape index (κ3) is 4.33. The lowest BCUT2D eigenvalue weighted by Gasteiger charge is -2.22. The smallest absolute Gasteiger partial charge is 0.339 e. The molecule has 1 aromatic heterocycles. The molecular formula is C13H19F3N4. The Labute approximate surface area is 116 Å². The van der Waals surface area contributed by atoms with E-state index in [1.54, 1.807) is 12.4 Å². The summed E-state index contributed by atoms with van der Waals surface area (Å²) in [4.78, 5) is 11.9. The second-order valence-corrected chi connectivity index (χ2v) is 5.46. The number of anilines is 1. The SMILES string of the molecule is Cc1cnc(N2CCN(CC(F)(F)F)CC(C)C2)nc1. The average Bonchev–Trinajstić information content (AvgIpc) is 2.50. The molecule has 20 heavy (non-hydrogen) atoms. The molecule has 0 bridgehead atoms.